The Morgan fingerprint density at radius 1 is 1.29 bits per heavy atom. The maximum absolute atomic E-state index is 12.3. The highest BCUT2D eigenvalue weighted by molar-refractivity contribution is 6.09. The number of imide groups is 1. The lowest BCUT2D eigenvalue weighted by Gasteiger charge is -2.21. The molecule has 0 radical (unpaired) electrons. The Labute approximate surface area is 100 Å². The fraction of sp³-hybridized carbons (Fsp3) is 0.429. The number of hydrogen-bond donors (Lipinski definition) is 0. The third kappa shape index (κ3) is 1.17. The van der Waals surface area contributed by atoms with Crippen LogP contribution in [0.5, 0.6) is 0 Å². The van der Waals surface area contributed by atoms with Gasteiger partial charge in [0, 0.05) is 13.5 Å². The van der Waals surface area contributed by atoms with Gasteiger partial charge in [0.05, 0.1) is 5.41 Å². The van der Waals surface area contributed by atoms with Gasteiger partial charge in [-0.15, -0.1) is 0 Å². The van der Waals surface area contributed by atoms with Crippen molar-refractivity contribution in [3.63, 3.8) is 0 Å². The van der Waals surface area contributed by atoms with E-state index < -0.39 is 5.41 Å². The third-order valence-electron chi connectivity index (χ3n) is 4.27. The Morgan fingerprint density at radius 3 is 2.71 bits per heavy atom. The second-order valence-corrected chi connectivity index (χ2v) is 5.12. The first kappa shape index (κ1) is 10.5. The van der Waals surface area contributed by atoms with Gasteiger partial charge in [0.2, 0.25) is 11.8 Å². The van der Waals surface area contributed by atoms with Crippen molar-refractivity contribution in [1.82, 2.24) is 4.90 Å². The minimum Gasteiger partial charge on any atom is -0.285 e. The maximum atomic E-state index is 12.3. The van der Waals surface area contributed by atoms with E-state index in [1.807, 2.05) is 12.1 Å². The van der Waals surface area contributed by atoms with E-state index in [2.05, 4.69) is 13.0 Å². The molecule has 3 nitrogen and oxygen atoms in total. The second kappa shape index (κ2) is 3.19. The van der Waals surface area contributed by atoms with Crippen molar-refractivity contribution < 1.29 is 9.59 Å². The zero-order chi connectivity index (χ0) is 12.2. The summed E-state index contributed by atoms with van der Waals surface area (Å²) in [5.74, 6) is -0.0730. The Hall–Kier alpha value is -1.64. The van der Waals surface area contributed by atoms with Gasteiger partial charge in [-0.1, -0.05) is 18.2 Å². The average molecular weight is 229 g/mol. The summed E-state index contributed by atoms with van der Waals surface area (Å²) in [6, 6.07) is 6.07. The summed E-state index contributed by atoms with van der Waals surface area (Å²) in [7, 11) is 1.59. The molecule has 1 heterocycles. The van der Waals surface area contributed by atoms with Crippen LogP contribution in [0.1, 0.15) is 29.5 Å². The fourth-order valence-electron chi connectivity index (χ4n) is 3.25. The predicted molar refractivity (Wildman–Crippen MR) is 63.6 cm³/mol. The molecule has 1 unspecified atom stereocenters. The van der Waals surface area contributed by atoms with Crippen molar-refractivity contribution in [2.45, 2.75) is 31.6 Å². The first-order chi connectivity index (χ1) is 8.06. The minimum atomic E-state index is -0.548. The van der Waals surface area contributed by atoms with Crippen LogP contribution in [-0.2, 0) is 21.4 Å². The van der Waals surface area contributed by atoms with E-state index in [1.54, 1.807) is 7.05 Å². The van der Waals surface area contributed by atoms with E-state index in [4.69, 9.17) is 0 Å². The van der Waals surface area contributed by atoms with Crippen LogP contribution < -0.4 is 0 Å². The molecule has 3 heteroatoms. The van der Waals surface area contributed by atoms with E-state index >= 15 is 0 Å². The van der Waals surface area contributed by atoms with Gasteiger partial charge < -0.3 is 0 Å². The number of aryl methyl sites for hydroxylation is 1. The molecule has 1 aromatic rings. The minimum absolute atomic E-state index is 0.0214. The van der Waals surface area contributed by atoms with Crippen LogP contribution in [0.4, 0.5) is 0 Å². The molecule has 17 heavy (non-hydrogen) atoms. The Kier molecular flexibility index (Phi) is 1.97. The Bertz CT molecular complexity index is 535. The number of likely N-dealkylation sites (N-methyl/N-ethyl adjacent to an activating group) is 1. The van der Waals surface area contributed by atoms with Crippen LogP contribution in [0.3, 0.4) is 0 Å². The Balaban J connectivity index is 2.19. The van der Waals surface area contributed by atoms with Crippen molar-refractivity contribution in [1.29, 1.82) is 0 Å². The summed E-state index contributed by atoms with van der Waals surface area (Å²) in [5, 5.41) is 0. The monoisotopic (exact) mass is 229 g/mol. The van der Waals surface area contributed by atoms with Gasteiger partial charge in [-0.05, 0) is 36.5 Å². The summed E-state index contributed by atoms with van der Waals surface area (Å²) in [5.41, 5.74) is 3.03. The smallest absolute Gasteiger partial charge is 0.240 e. The van der Waals surface area contributed by atoms with Gasteiger partial charge >= 0.3 is 0 Å². The van der Waals surface area contributed by atoms with E-state index in [0.29, 0.717) is 6.42 Å². The molecular formula is C14H15NO2. The SMILES string of the molecule is Cc1cccc2c1CCC21CC(=O)N(C)C1=O. The first-order valence-corrected chi connectivity index (χ1v) is 5.96. The Morgan fingerprint density at radius 2 is 2.06 bits per heavy atom. The molecule has 0 bridgehead atoms. The lowest BCUT2D eigenvalue weighted by atomic mass is 9.80. The zero-order valence-corrected chi connectivity index (χ0v) is 10.1. The van der Waals surface area contributed by atoms with Crippen molar-refractivity contribution in [2.24, 2.45) is 0 Å². The molecule has 3 rings (SSSR count). The predicted octanol–water partition coefficient (Wildman–Crippen LogP) is 1.57. The number of benzene rings is 1. The summed E-state index contributed by atoms with van der Waals surface area (Å²) in [6.45, 7) is 2.07. The lowest BCUT2D eigenvalue weighted by Crippen LogP contribution is -2.34. The van der Waals surface area contributed by atoms with Crippen LogP contribution in [0.25, 0.3) is 0 Å². The molecule has 1 aliphatic heterocycles. The van der Waals surface area contributed by atoms with Crippen LogP contribution in [-0.4, -0.2) is 23.8 Å². The number of likely N-dealkylation sites (tertiary alicyclic amines) is 1. The highest BCUT2D eigenvalue weighted by Gasteiger charge is 2.54. The lowest BCUT2D eigenvalue weighted by molar-refractivity contribution is -0.138. The van der Waals surface area contributed by atoms with Gasteiger partial charge in [0.15, 0.2) is 0 Å². The van der Waals surface area contributed by atoms with Crippen LogP contribution in [0, 0.1) is 6.92 Å². The number of carbonyl (C=O) groups is 2. The standard InChI is InChI=1S/C14H15NO2/c1-9-4-3-5-11-10(9)6-7-14(11)8-12(16)15(2)13(14)17/h3-5H,6-8H2,1-2H3. The number of rotatable bonds is 0. The molecule has 1 aliphatic carbocycles. The topological polar surface area (TPSA) is 37.4 Å². The molecule has 1 atom stereocenters. The van der Waals surface area contributed by atoms with Crippen molar-refractivity contribution in [3.8, 4) is 0 Å². The van der Waals surface area contributed by atoms with Gasteiger partial charge in [0.25, 0.3) is 0 Å². The molecule has 0 saturated carbocycles. The molecule has 1 fully saturated rings. The quantitative estimate of drug-likeness (QED) is 0.633. The molecule has 2 amide bonds. The van der Waals surface area contributed by atoms with Gasteiger partial charge in [-0.3, -0.25) is 14.5 Å². The molecule has 1 spiro atoms. The van der Waals surface area contributed by atoms with Crippen LogP contribution in [0.15, 0.2) is 18.2 Å². The summed E-state index contributed by atoms with van der Waals surface area (Å²) in [4.78, 5) is 25.4. The van der Waals surface area contributed by atoms with E-state index in [1.165, 1.54) is 16.0 Å². The number of carbonyl (C=O) groups excluding carboxylic acids is 2. The maximum Gasteiger partial charge on any atom is 0.240 e. The van der Waals surface area contributed by atoms with E-state index in [-0.39, 0.29) is 11.8 Å². The van der Waals surface area contributed by atoms with Gasteiger partial charge in [0.1, 0.15) is 0 Å². The van der Waals surface area contributed by atoms with E-state index in [9.17, 15) is 9.59 Å². The largest absolute Gasteiger partial charge is 0.285 e. The highest BCUT2D eigenvalue weighted by Crippen LogP contribution is 2.47. The molecule has 2 aliphatic rings. The molecular weight excluding hydrogens is 214 g/mol. The fourth-order valence-corrected chi connectivity index (χ4v) is 3.25. The van der Waals surface area contributed by atoms with Crippen LogP contribution >= 0.6 is 0 Å². The number of nitrogens with zero attached hydrogens (tertiary/aromatic N) is 1. The number of hydrogen-bond acceptors (Lipinski definition) is 2. The molecule has 88 valence electrons. The van der Waals surface area contributed by atoms with Crippen molar-refractivity contribution in [2.75, 3.05) is 7.05 Å². The van der Waals surface area contributed by atoms with Crippen molar-refractivity contribution in [3.05, 3.63) is 34.9 Å². The average Bonchev–Trinajstić information content (AvgIpc) is 2.77. The summed E-state index contributed by atoms with van der Waals surface area (Å²) in [6.07, 6.45) is 2.04. The van der Waals surface area contributed by atoms with Gasteiger partial charge in [-0.25, -0.2) is 0 Å². The third-order valence-corrected chi connectivity index (χ3v) is 4.27. The van der Waals surface area contributed by atoms with Crippen molar-refractivity contribution >= 4 is 11.8 Å². The molecule has 0 N–H and O–H groups in total. The molecule has 1 saturated heterocycles. The zero-order valence-electron chi connectivity index (χ0n) is 10.1. The molecule has 0 aromatic heterocycles. The van der Waals surface area contributed by atoms with Gasteiger partial charge in [-0.2, -0.15) is 0 Å². The normalized spacial score (nSPS) is 27.1. The molecule has 1 aromatic carbocycles. The second-order valence-electron chi connectivity index (χ2n) is 5.12. The number of fused-ring (bicyclic) bond motifs is 2. The van der Waals surface area contributed by atoms with E-state index in [0.717, 1.165) is 18.4 Å². The highest BCUT2D eigenvalue weighted by atomic mass is 16.2. The summed E-state index contributed by atoms with van der Waals surface area (Å²) >= 11 is 0. The van der Waals surface area contributed by atoms with Crippen LogP contribution in [0.2, 0.25) is 0 Å². The number of amides is 2. The summed E-state index contributed by atoms with van der Waals surface area (Å²) < 4.78 is 0. The first-order valence-electron chi connectivity index (χ1n) is 5.96.